The fourth-order valence-electron chi connectivity index (χ4n) is 1.15. The van der Waals surface area contributed by atoms with E-state index in [0.29, 0.717) is 5.69 Å². The Kier molecular flexibility index (Phi) is 3.24. The smallest absolute Gasteiger partial charge is 0.322 e. The second kappa shape index (κ2) is 4.84. The molecule has 0 radical (unpaired) electrons. The molecule has 86 valence electrons. The minimum atomic E-state index is -0.489. The second-order valence-electron chi connectivity index (χ2n) is 3.12. The third-order valence-electron chi connectivity index (χ3n) is 1.92. The van der Waals surface area contributed by atoms with Gasteiger partial charge in [-0.1, -0.05) is 24.4 Å². The molecule has 0 aliphatic carbocycles. The van der Waals surface area contributed by atoms with Crippen LogP contribution < -0.4 is 10.5 Å². The summed E-state index contributed by atoms with van der Waals surface area (Å²) in [4.78, 5) is 7.92. The SMILES string of the molecule is NC(=S)c1ccnc(Oc2ccccc2F)n1. The maximum absolute atomic E-state index is 13.3. The first-order valence-electron chi connectivity index (χ1n) is 4.72. The molecule has 2 N–H and O–H groups in total. The van der Waals surface area contributed by atoms with Crippen molar-refractivity contribution in [1.82, 2.24) is 9.97 Å². The van der Waals surface area contributed by atoms with Crippen molar-refractivity contribution in [1.29, 1.82) is 0 Å². The Balaban J connectivity index is 2.28. The molecule has 0 saturated heterocycles. The number of halogens is 1. The van der Waals surface area contributed by atoms with Gasteiger partial charge in [0.1, 0.15) is 10.7 Å². The van der Waals surface area contributed by atoms with Crippen molar-refractivity contribution in [2.45, 2.75) is 0 Å². The molecule has 0 saturated carbocycles. The quantitative estimate of drug-likeness (QED) is 0.843. The molecule has 0 bridgehead atoms. The first kappa shape index (κ1) is 11.4. The summed E-state index contributed by atoms with van der Waals surface area (Å²) in [6, 6.07) is 7.53. The standard InChI is InChI=1S/C11H8FN3OS/c12-7-3-1-2-4-9(7)16-11-14-6-5-8(15-11)10(13)17/h1-6H,(H2,13,17). The molecule has 2 aromatic rings. The van der Waals surface area contributed by atoms with Crippen LogP contribution in [-0.4, -0.2) is 15.0 Å². The summed E-state index contributed by atoms with van der Waals surface area (Å²) in [5.41, 5.74) is 5.79. The number of hydrogen-bond acceptors (Lipinski definition) is 4. The van der Waals surface area contributed by atoms with Crippen molar-refractivity contribution in [2.75, 3.05) is 0 Å². The molecule has 0 fully saturated rings. The number of para-hydroxylation sites is 1. The van der Waals surface area contributed by atoms with E-state index in [0.717, 1.165) is 0 Å². The number of nitrogens with zero attached hydrogens (tertiary/aromatic N) is 2. The molecule has 6 heteroatoms. The predicted octanol–water partition coefficient (Wildman–Crippen LogP) is 2.04. The Bertz CT molecular complexity index is 562. The molecule has 17 heavy (non-hydrogen) atoms. The lowest BCUT2D eigenvalue weighted by atomic mass is 10.3. The highest BCUT2D eigenvalue weighted by molar-refractivity contribution is 7.80. The van der Waals surface area contributed by atoms with Crippen LogP contribution in [0.25, 0.3) is 0 Å². The fraction of sp³-hybridized carbons (Fsp3) is 0. The summed E-state index contributed by atoms with van der Waals surface area (Å²) in [5, 5.41) is 0. The Hall–Kier alpha value is -2.08. The van der Waals surface area contributed by atoms with Crippen molar-refractivity contribution in [3.8, 4) is 11.8 Å². The van der Waals surface area contributed by atoms with E-state index in [-0.39, 0.29) is 16.7 Å². The highest BCUT2D eigenvalue weighted by Gasteiger charge is 2.07. The molecule has 0 amide bonds. The van der Waals surface area contributed by atoms with Gasteiger partial charge in [0.25, 0.3) is 0 Å². The van der Waals surface area contributed by atoms with Crippen LogP contribution in [0.15, 0.2) is 36.5 Å². The normalized spacial score (nSPS) is 9.94. The lowest BCUT2D eigenvalue weighted by Gasteiger charge is -2.05. The van der Waals surface area contributed by atoms with E-state index < -0.39 is 5.82 Å². The van der Waals surface area contributed by atoms with E-state index in [2.05, 4.69) is 9.97 Å². The molecule has 1 aromatic carbocycles. The second-order valence-corrected chi connectivity index (χ2v) is 3.56. The summed E-state index contributed by atoms with van der Waals surface area (Å²) < 4.78 is 18.5. The van der Waals surface area contributed by atoms with Crippen LogP contribution in [0, 0.1) is 5.82 Å². The summed E-state index contributed by atoms with van der Waals surface area (Å²) in [6.45, 7) is 0. The minimum Gasteiger partial charge on any atom is -0.421 e. The van der Waals surface area contributed by atoms with Gasteiger partial charge in [-0.05, 0) is 18.2 Å². The van der Waals surface area contributed by atoms with Crippen molar-refractivity contribution in [3.63, 3.8) is 0 Å². The first-order chi connectivity index (χ1) is 8.16. The van der Waals surface area contributed by atoms with Gasteiger partial charge in [0.2, 0.25) is 0 Å². The van der Waals surface area contributed by atoms with Crippen LogP contribution in [-0.2, 0) is 0 Å². The highest BCUT2D eigenvalue weighted by Crippen LogP contribution is 2.20. The van der Waals surface area contributed by atoms with Gasteiger partial charge in [0, 0.05) is 6.20 Å². The fourth-order valence-corrected chi connectivity index (χ4v) is 1.27. The van der Waals surface area contributed by atoms with E-state index in [1.165, 1.54) is 18.3 Å². The molecule has 1 heterocycles. The molecule has 0 spiro atoms. The number of nitrogens with two attached hydrogens (primary N) is 1. The first-order valence-corrected chi connectivity index (χ1v) is 5.13. The van der Waals surface area contributed by atoms with E-state index in [9.17, 15) is 4.39 Å². The van der Waals surface area contributed by atoms with Gasteiger partial charge in [-0.25, -0.2) is 9.37 Å². The van der Waals surface area contributed by atoms with Crippen LogP contribution in [0.5, 0.6) is 11.8 Å². The van der Waals surface area contributed by atoms with Crippen LogP contribution in [0.2, 0.25) is 0 Å². The minimum absolute atomic E-state index is 0.000370. The lowest BCUT2D eigenvalue weighted by Crippen LogP contribution is -2.12. The van der Waals surface area contributed by atoms with Crippen LogP contribution >= 0.6 is 12.2 Å². The summed E-state index contributed by atoms with van der Waals surface area (Å²) >= 11 is 4.77. The van der Waals surface area contributed by atoms with Crippen LogP contribution in [0.3, 0.4) is 0 Å². The van der Waals surface area contributed by atoms with Gasteiger partial charge in [0.05, 0.1) is 0 Å². The van der Waals surface area contributed by atoms with Gasteiger partial charge < -0.3 is 10.5 Å². The van der Waals surface area contributed by atoms with Gasteiger partial charge in [-0.3, -0.25) is 0 Å². The average molecular weight is 249 g/mol. The molecule has 0 atom stereocenters. The predicted molar refractivity (Wildman–Crippen MR) is 64.4 cm³/mol. The topological polar surface area (TPSA) is 61.0 Å². The van der Waals surface area contributed by atoms with E-state index in [4.69, 9.17) is 22.7 Å². The van der Waals surface area contributed by atoms with Crippen molar-refractivity contribution in [3.05, 3.63) is 48.0 Å². The molecular formula is C11H8FN3OS. The Morgan fingerprint density at radius 2 is 2.06 bits per heavy atom. The summed E-state index contributed by atoms with van der Waals surface area (Å²) in [6.07, 6.45) is 1.44. The van der Waals surface area contributed by atoms with E-state index in [1.54, 1.807) is 18.2 Å². The average Bonchev–Trinajstić information content (AvgIpc) is 2.32. The van der Waals surface area contributed by atoms with E-state index >= 15 is 0 Å². The maximum atomic E-state index is 13.3. The summed E-state index contributed by atoms with van der Waals surface area (Å²) in [5.74, 6) is -0.440. The zero-order chi connectivity index (χ0) is 12.3. The van der Waals surface area contributed by atoms with Crippen LogP contribution in [0.4, 0.5) is 4.39 Å². The Labute approximate surface area is 102 Å². The van der Waals surface area contributed by atoms with E-state index in [1.807, 2.05) is 0 Å². The maximum Gasteiger partial charge on any atom is 0.322 e. The molecule has 1 aromatic heterocycles. The van der Waals surface area contributed by atoms with Crippen LogP contribution in [0.1, 0.15) is 5.69 Å². The number of rotatable bonds is 3. The third kappa shape index (κ3) is 2.73. The van der Waals surface area contributed by atoms with Gasteiger partial charge in [0.15, 0.2) is 11.6 Å². The monoisotopic (exact) mass is 249 g/mol. The zero-order valence-electron chi connectivity index (χ0n) is 8.63. The largest absolute Gasteiger partial charge is 0.421 e. The molecule has 2 rings (SSSR count). The Morgan fingerprint density at radius 1 is 1.29 bits per heavy atom. The number of thiocarbonyl (C=S) groups is 1. The Morgan fingerprint density at radius 3 is 2.76 bits per heavy atom. The lowest BCUT2D eigenvalue weighted by molar-refractivity contribution is 0.411. The van der Waals surface area contributed by atoms with Gasteiger partial charge in [-0.2, -0.15) is 4.98 Å². The van der Waals surface area contributed by atoms with Gasteiger partial charge >= 0.3 is 6.01 Å². The highest BCUT2D eigenvalue weighted by atomic mass is 32.1. The number of ether oxygens (including phenoxy) is 1. The molecular weight excluding hydrogens is 241 g/mol. The van der Waals surface area contributed by atoms with Crippen molar-refractivity contribution >= 4 is 17.2 Å². The zero-order valence-corrected chi connectivity index (χ0v) is 9.45. The molecule has 4 nitrogen and oxygen atoms in total. The molecule has 0 aliphatic heterocycles. The molecule has 0 aliphatic rings. The number of hydrogen-bond donors (Lipinski definition) is 1. The van der Waals surface area contributed by atoms with Gasteiger partial charge in [-0.15, -0.1) is 0 Å². The van der Waals surface area contributed by atoms with Crippen molar-refractivity contribution < 1.29 is 9.13 Å². The molecule has 0 unspecified atom stereocenters. The third-order valence-corrected chi connectivity index (χ3v) is 2.13. The number of benzene rings is 1. The van der Waals surface area contributed by atoms with Crippen molar-refractivity contribution in [2.24, 2.45) is 5.73 Å². The number of aromatic nitrogens is 2. The summed E-state index contributed by atoms with van der Waals surface area (Å²) in [7, 11) is 0.